The molecule has 3 amide bonds. The average molecular weight is 605 g/mol. The molecule has 9 nitrogen and oxygen atoms in total. The van der Waals surface area contributed by atoms with Gasteiger partial charge in [-0.15, -0.1) is 11.8 Å². The van der Waals surface area contributed by atoms with E-state index >= 15 is 0 Å². The number of carbonyl (C=O) groups is 3. The Bertz CT molecular complexity index is 1470. The summed E-state index contributed by atoms with van der Waals surface area (Å²) in [5.74, 6) is 0.801. The second-order valence-electron chi connectivity index (χ2n) is 10.3. The number of benzene rings is 2. The molecule has 1 saturated heterocycles. The molecule has 5 rings (SSSR count). The maximum atomic E-state index is 13.4. The first kappa shape index (κ1) is 29.6. The van der Waals surface area contributed by atoms with Gasteiger partial charge in [0.05, 0.1) is 28.6 Å². The van der Waals surface area contributed by atoms with Crippen molar-refractivity contribution in [2.75, 3.05) is 49.6 Å². The Balaban J connectivity index is 1.33. The van der Waals surface area contributed by atoms with E-state index in [0.29, 0.717) is 22.1 Å². The highest BCUT2D eigenvalue weighted by Crippen LogP contribution is 2.27. The van der Waals surface area contributed by atoms with E-state index in [9.17, 15) is 14.4 Å². The number of rotatable bonds is 8. The number of aliphatic imine (C=N–C) groups is 1. The van der Waals surface area contributed by atoms with Crippen LogP contribution in [-0.4, -0.2) is 77.3 Å². The summed E-state index contributed by atoms with van der Waals surface area (Å²) in [6.07, 6.45) is 5.81. The number of pyridine rings is 1. The summed E-state index contributed by atoms with van der Waals surface area (Å²) in [5, 5.41) is 6.11. The molecular formula is C31H33ClN6O3S. The number of amides is 3. The number of likely N-dealkylation sites (tertiary alicyclic amines) is 1. The molecule has 2 N–H and O–H groups in total. The first-order valence-electron chi connectivity index (χ1n) is 14.0. The number of thioether (sulfide) groups is 1. The van der Waals surface area contributed by atoms with E-state index in [1.54, 1.807) is 36.4 Å². The number of hydrogen-bond acceptors (Lipinski definition) is 7. The Labute approximate surface area is 254 Å². The van der Waals surface area contributed by atoms with Gasteiger partial charge in [-0.25, -0.2) is 4.98 Å². The lowest BCUT2D eigenvalue weighted by molar-refractivity contribution is -0.128. The summed E-state index contributed by atoms with van der Waals surface area (Å²) < 4.78 is 0. The quantitative estimate of drug-likeness (QED) is 0.332. The summed E-state index contributed by atoms with van der Waals surface area (Å²) in [6.45, 7) is 3.20. The van der Waals surface area contributed by atoms with Crippen LogP contribution in [0.25, 0.3) is 0 Å². The molecule has 2 aliphatic heterocycles. The fourth-order valence-electron chi connectivity index (χ4n) is 4.91. The van der Waals surface area contributed by atoms with Crippen molar-refractivity contribution in [3.05, 3.63) is 82.5 Å². The molecule has 2 aliphatic rings. The molecule has 1 aromatic heterocycles. The Morgan fingerprint density at radius 3 is 2.33 bits per heavy atom. The standard InChI is InChI=1S/C31H33ClN6O3S/c1-37-17-14-33-29(37)21-6-8-22(9-7-21)30(40)35-26-12-11-24(42-20-28(39)38-15-4-2-3-5-16-38)18-25(26)31(41)36-27-13-10-23(32)19-34-27/h6-13,18-19H,2-5,14-17,20H2,1H3,(H,35,40)(H,34,36,41). The van der Waals surface area contributed by atoms with Crippen LogP contribution in [0, 0.1) is 0 Å². The third-order valence-corrected chi connectivity index (χ3v) is 8.44. The molecule has 1 fully saturated rings. The molecule has 0 aliphatic carbocycles. The molecule has 2 aromatic carbocycles. The largest absolute Gasteiger partial charge is 0.358 e. The lowest BCUT2D eigenvalue weighted by atomic mass is 10.1. The van der Waals surface area contributed by atoms with E-state index in [2.05, 4.69) is 25.5 Å². The maximum Gasteiger partial charge on any atom is 0.258 e. The Kier molecular flexibility index (Phi) is 9.76. The Hall–Kier alpha value is -3.89. The highest BCUT2D eigenvalue weighted by atomic mass is 35.5. The van der Waals surface area contributed by atoms with E-state index in [-0.39, 0.29) is 23.1 Å². The van der Waals surface area contributed by atoms with Crippen molar-refractivity contribution in [2.24, 2.45) is 4.99 Å². The molecule has 0 bridgehead atoms. The minimum Gasteiger partial charge on any atom is -0.358 e. The van der Waals surface area contributed by atoms with Crippen LogP contribution < -0.4 is 10.6 Å². The second-order valence-corrected chi connectivity index (χ2v) is 11.8. The van der Waals surface area contributed by atoms with Gasteiger partial charge in [0.25, 0.3) is 11.8 Å². The molecular weight excluding hydrogens is 572 g/mol. The number of amidine groups is 1. The zero-order valence-electron chi connectivity index (χ0n) is 23.4. The molecule has 42 heavy (non-hydrogen) atoms. The van der Waals surface area contributed by atoms with Gasteiger partial charge < -0.3 is 20.4 Å². The van der Waals surface area contributed by atoms with Gasteiger partial charge in [-0.05, 0) is 55.3 Å². The molecule has 218 valence electrons. The number of aromatic nitrogens is 1. The molecule has 0 saturated carbocycles. The van der Waals surface area contributed by atoms with Crippen LogP contribution in [-0.2, 0) is 4.79 Å². The highest BCUT2D eigenvalue weighted by molar-refractivity contribution is 8.00. The van der Waals surface area contributed by atoms with Crippen LogP contribution in [0.15, 0.2) is 70.7 Å². The van der Waals surface area contributed by atoms with Gasteiger partial charge in [-0.3, -0.25) is 19.4 Å². The molecule has 0 spiro atoms. The van der Waals surface area contributed by atoms with Gasteiger partial charge in [0.1, 0.15) is 11.7 Å². The van der Waals surface area contributed by atoms with Gasteiger partial charge in [0.15, 0.2) is 0 Å². The topological polar surface area (TPSA) is 107 Å². The third kappa shape index (κ3) is 7.49. The molecule has 11 heteroatoms. The Morgan fingerprint density at radius 2 is 1.67 bits per heavy atom. The van der Waals surface area contributed by atoms with E-state index in [1.165, 1.54) is 18.0 Å². The Morgan fingerprint density at radius 1 is 0.905 bits per heavy atom. The van der Waals surface area contributed by atoms with Gasteiger partial charge in [0, 0.05) is 48.9 Å². The first-order valence-corrected chi connectivity index (χ1v) is 15.4. The lowest BCUT2D eigenvalue weighted by Gasteiger charge is -2.20. The molecule has 0 atom stereocenters. The van der Waals surface area contributed by atoms with Crippen molar-refractivity contribution in [1.29, 1.82) is 0 Å². The molecule has 3 heterocycles. The van der Waals surface area contributed by atoms with Crippen molar-refractivity contribution in [2.45, 2.75) is 30.6 Å². The monoisotopic (exact) mass is 604 g/mol. The van der Waals surface area contributed by atoms with Crippen LogP contribution >= 0.6 is 23.4 Å². The van der Waals surface area contributed by atoms with Crippen molar-refractivity contribution in [1.82, 2.24) is 14.8 Å². The number of hydrogen-bond donors (Lipinski definition) is 2. The highest BCUT2D eigenvalue weighted by Gasteiger charge is 2.20. The number of anilines is 2. The van der Waals surface area contributed by atoms with Crippen LogP contribution in [0.5, 0.6) is 0 Å². The normalized spacial score (nSPS) is 15.1. The van der Waals surface area contributed by atoms with Gasteiger partial charge >= 0.3 is 0 Å². The minimum absolute atomic E-state index is 0.0915. The predicted octanol–water partition coefficient (Wildman–Crippen LogP) is 5.43. The number of likely N-dealkylation sites (N-methyl/N-ethyl adjacent to an activating group) is 1. The fraction of sp³-hybridized carbons (Fsp3) is 0.323. The zero-order valence-corrected chi connectivity index (χ0v) is 25.0. The second kappa shape index (κ2) is 13.8. The minimum atomic E-state index is -0.445. The summed E-state index contributed by atoms with van der Waals surface area (Å²) in [4.78, 5) is 52.9. The number of nitrogens with one attached hydrogen (secondary N) is 2. The van der Waals surface area contributed by atoms with Crippen LogP contribution in [0.2, 0.25) is 5.02 Å². The van der Waals surface area contributed by atoms with Crippen LogP contribution in [0.1, 0.15) is 52.0 Å². The third-order valence-electron chi connectivity index (χ3n) is 7.24. The van der Waals surface area contributed by atoms with Gasteiger partial charge in [-0.1, -0.05) is 36.6 Å². The number of halogens is 1. The molecule has 0 unspecified atom stereocenters. The predicted molar refractivity (Wildman–Crippen MR) is 168 cm³/mol. The lowest BCUT2D eigenvalue weighted by Crippen LogP contribution is -2.33. The van der Waals surface area contributed by atoms with E-state index in [1.807, 2.05) is 30.1 Å². The molecule has 0 radical (unpaired) electrons. The average Bonchev–Trinajstić information content (AvgIpc) is 3.24. The van der Waals surface area contributed by atoms with Crippen LogP contribution in [0.3, 0.4) is 0 Å². The summed E-state index contributed by atoms with van der Waals surface area (Å²) in [5.41, 5.74) is 2.00. The van der Waals surface area contributed by atoms with E-state index in [0.717, 1.165) is 68.2 Å². The van der Waals surface area contributed by atoms with Crippen molar-refractivity contribution in [3.8, 4) is 0 Å². The summed E-state index contributed by atoms with van der Waals surface area (Å²) in [6, 6.07) is 15.7. The van der Waals surface area contributed by atoms with Crippen molar-refractivity contribution >= 4 is 58.4 Å². The van der Waals surface area contributed by atoms with Crippen molar-refractivity contribution < 1.29 is 14.4 Å². The van der Waals surface area contributed by atoms with Gasteiger partial charge in [0.2, 0.25) is 5.91 Å². The number of nitrogens with zero attached hydrogens (tertiary/aromatic N) is 4. The van der Waals surface area contributed by atoms with Crippen molar-refractivity contribution in [3.63, 3.8) is 0 Å². The zero-order chi connectivity index (χ0) is 29.5. The SMILES string of the molecule is CN1CCN=C1c1ccc(C(=O)Nc2ccc(SCC(=O)N3CCCCCC3)cc2C(=O)Nc2ccc(Cl)cn2)cc1. The maximum absolute atomic E-state index is 13.4. The van der Waals surface area contributed by atoms with E-state index in [4.69, 9.17) is 11.6 Å². The van der Waals surface area contributed by atoms with Crippen LogP contribution in [0.4, 0.5) is 11.5 Å². The first-order chi connectivity index (χ1) is 20.4. The summed E-state index contributed by atoms with van der Waals surface area (Å²) >= 11 is 7.31. The smallest absolute Gasteiger partial charge is 0.258 e. The number of carbonyl (C=O) groups excluding carboxylic acids is 3. The molecule has 3 aromatic rings. The van der Waals surface area contributed by atoms with Gasteiger partial charge in [-0.2, -0.15) is 0 Å². The fourth-order valence-corrected chi connectivity index (χ4v) is 5.86. The summed E-state index contributed by atoms with van der Waals surface area (Å²) in [7, 11) is 1.99. The van der Waals surface area contributed by atoms with E-state index < -0.39 is 5.91 Å².